The molecule has 19 heteroatoms. The number of urea groups is 1. The van der Waals surface area contributed by atoms with Crippen molar-refractivity contribution < 1.29 is 63.5 Å². The van der Waals surface area contributed by atoms with Crippen molar-refractivity contribution in [1.82, 2.24) is 25.3 Å². The predicted molar refractivity (Wildman–Crippen MR) is 243 cm³/mol. The van der Waals surface area contributed by atoms with Gasteiger partial charge in [0.25, 0.3) is 0 Å². The van der Waals surface area contributed by atoms with Crippen molar-refractivity contribution in [3.05, 3.63) is 12.4 Å². The molecule has 0 aliphatic carbocycles. The second-order valence-electron chi connectivity index (χ2n) is 20.1. The van der Waals surface area contributed by atoms with E-state index in [-0.39, 0.29) is 38.1 Å². The first-order valence-corrected chi connectivity index (χ1v) is 23.5. The summed E-state index contributed by atoms with van der Waals surface area (Å²) in [7, 11) is 6.49. The number of amides is 2. The number of carbonyl (C=O) groups excluding carboxylic acids is 2. The first kappa shape index (κ1) is 55.1. The van der Waals surface area contributed by atoms with Crippen LogP contribution < -0.4 is 15.5 Å². The first-order valence-electron chi connectivity index (χ1n) is 23.5. The van der Waals surface area contributed by atoms with Crippen molar-refractivity contribution in [2.24, 2.45) is 24.8 Å². The van der Waals surface area contributed by atoms with Crippen molar-refractivity contribution in [2.75, 3.05) is 45.7 Å². The highest BCUT2D eigenvalue weighted by Gasteiger charge is 2.58. The molecule has 0 saturated carbocycles. The second-order valence-corrected chi connectivity index (χ2v) is 20.1. The van der Waals surface area contributed by atoms with Crippen LogP contribution in [0.25, 0.3) is 0 Å². The molecule has 0 unspecified atom stereocenters. The Hall–Kier alpha value is -2.53. The number of anilines is 1. The molecule has 4 heterocycles. The number of carbonyl (C=O) groups is 2. The quantitative estimate of drug-likeness (QED) is 0.118. The average molecular weight is 929 g/mol. The predicted octanol–water partition coefficient (Wildman–Crippen LogP) is 2.29. The van der Waals surface area contributed by atoms with Crippen LogP contribution in [-0.2, 0) is 40.3 Å². The van der Waals surface area contributed by atoms with Gasteiger partial charge in [0.1, 0.15) is 35.1 Å². The van der Waals surface area contributed by atoms with E-state index in [4.69, 9.17) is 28.4 Å². The van der Waals surface area contributed by atoms with Gasteiger partial charge in [0.2, 0.25) is 0 Å². The summed E-state index contributed by atoms with van der Waals surface area (Å²) in [6, 6.07) is -1.82. The van der Waals surface area contributed by atoms with Crippen LogP contribution in [0.15, 0.2) is 12.4 Å². The summed E-state index contributed by atoms with van der Waals surface area (Å²) in [4.78, 5) is 31.2. The normalized spacial score (nSPS) is 42.7. The number of hydrogen-bond acceptors (Lipinski definition) is 16. The van der Waals surface area contributed by atoms with Crippen LogP contribution in [0.1, 0.15) is 108 Å². The minimum Gasteiger partial charge on any atom is -0.459 e. The van der Waals surface area contributed by atoms with Crippen molar-refractivity contribution in [2.45, 2.75) is 198 Å². The number of aliphatic hydroxyl groups is 5. The number of likely N-dealkylation sites (N-methyl/N-ethyl adjacent to an activating group) is 1. The van der Waals surface area contributed by atoms with E-state index in [1.165, 1.54) is 23.8 Å². The summed E-state index contributed by atoms with van der Waals surface area (Å²) in [6.45, 7) is 20.4. The zero-order chi connectivity index (χ0) is 49.0. The van der Waals surface area contributed by atoms with Gasteiger partial charge in [-0.15, -0.1) is 0 Å². The molecule has 1 aromatic heterocycles. The van der Waals surface area contributed by atoms with E-state index in [0.717, 1.165) is 6.42 Å². The van der Waals surface area contributed by atoms with Gasteiger partial charge in [-0.3, -0.25) is 14.4 Å². The molecule has 3 fully saturated rings. The van der Waals surface area contributed by atoms with Crippen LogP contribution in [0.2, 0.25) is 0 Å². The summed E-state index contributed by atoms with van der Waals surface area (Å²) >= 11 is 0. The SMILES string of the molecule is CCCNC[C@]1(O)[C@H](C)O[C@@H](O[C@H]2[C@H](C)[C@@H](O[C@@H]3O[C@H](C)C[C@H](N(C)C(=O)N(C)c4cnn(C)c4)[C@H]3O)[C@](C)(O)C[C@@H](C)CN[C@H](C)[C@@H](O)[C@](C)(O)[C@@H](CC)OC(=O)[C@@H]2C)C[C@@]1(C)OC. The molecule has 3 aliphatic heterocycles. The van der Waals surface area contributed by atoms with Crippen LogP contribution in [0.5, 0.6) is 0 Å². The highest BCUT2D eigenvalue weighted by molar-refractivity contribution is 5.91. The number of esters is 1. The lowest BCUT2D eigenvalue weighted by atomic mass is 9.75. The van der Waals surface area contributed by atoms with E-state index < -0.39 is 114 Å². The Morgan fingerprint density at radius 2 is 1.69 bits per heavy atom. The minimum atomic E-state index is -1.86. The van der Waals surface area contributed by atoms with E-state index in [2.05, 4.69) is 15.7 Å². The number of hydrogen-bond donors (Lipinski definition) is 7. The Kier molecular flexibility index (Phi) is 18.9. The van der Waals surface area contributed by atoms with Gasteiger partial charge in [-0.1, -0.05) is 27.7 Å². The molecular weight excluding hydrogens is 845 g/mol. The molecular formula is C46H84N6O13. The highest BCUT2D eigenvalue weighted by atomic mass is 16.7. The molecule has 376 valence electrons. The van der Waals surface area contributed by atoms with Gasteiger partial charge in [0, 0.05) is 59.4 Å². The van der Waals surface area contributed by atoms with Gasteiger partial charge < -0.3 is 69.5 Å². The van der Waals surface area contributed by atoms with Crippen LogP contribution in [0.3, 0.4) is 0 Å². The van der Waals surface area contributed by atoms with Gasteiger partial charge in [0.15, 0.2) is 12.6 Å². The molecule has 0 radical (unpaired) electrons. The molecule has 65 heavy (non-hydrogen) atoms. The topological polar surface area (TPSA) is 239 Å². The maximum Gasteiger partial charge on any atom is 0.324 e. The minimum absolute atomic E-state index is 0.0433. The molecule has 0 spiro atoms. The fraction of sp³-hybridized carbons (Fsp3) is 0.891. The maximum atomic E-state index is 14.5. The molecule has 7 N–H and O–H groups in total. The lowest BCUT2D eigenvalue weighted by Gasteiger charge is -2.53. The van der Waals surface area contributed by atoms with Crippen LogP contribution in [-0.4, -0.2) is 183 Å². The number of nitrogens with one attached hydrogen (secondary N) is 2. The maximum absolute atomic E-state index is 14.5. The zero-order valence-electron chi connectivity index (χ0n) is 41.7. The molecule has 4 rings (SSSR count). The fourth-order valence-corrected chi connectivity index (χ4v) is 10.1. The number of ether oxygens (including phenoxy) is 6. The molecule has 3 saturated heterocycles. The monoisotopic (exact) mass is 929 g/mol. The number of cyclic esters (lactones) is 1. The fourth-order valence-electron chi connectivity index (χ4n) is 10.1. The summed E-state index contributed by atoms with van der Waals surface area (Å²) in [5.41, 5.74) is -5.66. The summed E-state index contributed by atoms with van der Waals surface area (Å²) in [5.74, 6) is -2.99. The number of methoxy groups -OCH3 is 1. The Bertz CT molecular complexity index is 1690. The van der Waals surface area contributed by atoms with Crippen LogP contribution >= 0.6 is 0 Å². The second kappa shape index (κ2) is 22.3. The van der Waals surface area contributed by atoms with Crippen molar-refractivity contribution in [3.8, 4) is 0 Å². The lowest BCUT2D eigenvalue weighted by Crippen LogP contribution is -2.70. The summed E-state index contributed by atoms with van der Waals surface area (Å²) < 4.78 is 40.2. The number of nitrogens with zero attached hydrogens (tertiary/aromatic N) is 4. The van der Waals surface area contributed by atoms with Gasteiger partial charge in [-0.25, -0.2) is 4.79 Å². The van der Waals surface area contributed by atoms with E-state index >= 15 is 0 Å². The van der Waals surface area contributed by atoms with Crippen LogP contribution in [0, 0.1) is 17.8 Å². The molecule has 19 nitrogen and oxygen atoms in total. The summed E-state index contributed by atoms with van der Waals surface area (Å²) in [5, 5.41) is 71.0. The first-order chi connectivity index (χ1) is 30.2. The van der Waals surface area contributed by atoms with Gasteiger partial charge in [-0.2, -0.15) is 5.10 Å². The average Bonchev–Trinajstić information content (AvgIpc) is 3.69. The third-order valence-electron chi connectivity index (χ3n) is 14.5. The standard InChI is InChI=1S/C46H84N6O13/c1-16-18-47-25-46(59)31(8)62-35(21-44(46,10)60-15)64-37-28(5)39(65-41-36(53)33(19-27(4)61-41)52(14)42(56)51(13)32-23-49-50(12)24-32)43(9,57)20-26(3)22-48-30(7)38(54)45(11,58)34(17-2)63-40(55)29(37)6/h23-24,26-31,33-39,41,47-48,53-54,57-59H,16-22,25H2,1-15H3/t26-,27-,28+,29-,30-,31+,33+,34-,35+,36-,37+,38-,39-,41+,43-,44-,45-,46+/m1/s1. The molecule has 18 atom stereocenters. The smallest absolute Gasteiger partial charge is 0.324 e. The van der Waals surface area contributed by atoms with Gasteiger partial charge in [0.05, 0.1) is 53.9 Å². The molecule has 3 aliphatic rings. The molecule has 0 aromatic carbocycles. The molecule has 1 aromatic rings. The third kappa shape index (κ3) is 12.2. The van der Waals surface area contributed by atoms with Crippen molar-refractivity contribution in [3.63, 3.8) is 0 Å². The number of aromatic nitrogens is 2. The molecule has 2 amide bonds. The Morgan fingerprint density at radius 1 is 1.03 bits per heavy atom. The van der Waals surface area contributed by atoms with Crippen molar-refractivity contribution in [1.29, 1.82) is 0 Å². The Morgan fingerprint density at radius 3 is 2.28 bits per heavy atom. The van der Waals surface area contributed by atoms with Gasteiger partial charge >= 0.3 is 12.0 Å². The number of aliphatic hydroxyl groups excluding tert-OH is 2. The van der Waals surface area contributed by atoms with Crippen LogP contribution in [0.4, 0.5) is 10.5 Å². The number of rotatable bonds is 12. The van der Waals surface area contributed by atoms with Gasteiger partial charge in [-0.05, 0) is 93.2 Å². The van der Waals surface area contributed by atoms with E-state index in [1.54, 1.807) is 86.7 Å². The molecule has 0 bridgehead atoms. The van der Waals surface area contributed by atoms with E-state index in [1.807, 2.05) is 20.8 Å². The summed E-state index contributed by atoms with van der Waals surface area (Å²) in [6.07, 6.45) is -5.18. The largest absolute Gasteiger partial charge is 0.459 e. The lowest BCUT2D eigenvalue weighted by molar-refractivity contribution is -0.336. The number of aryl methyl sites for hydroxylation is 1. The third-order valence-corrected chi connectivity index (χ3v) is 14.5. The Labute approximate surface area is 386 Å². The Balaban J connectivity index is 1.80. The zero-order valence-corrected chi connectivity index (χ0v) is 41.7. The van der Waals surface area contributed by atoms with E-state index in [9.17, 15) is 35.1 Å². The highest BCUT2D eigenvalue weighted by Crippen LogP contribution is 2.43. The van der Waals surface area contributed by atoms with E-state index in [0.29, 0.717) is 18.8 Å². The van der Waals surface area contributed by atoms with Crippen molar-refractivity contribution >= 4 is 17.7 Å².